The smallest absolute Gasteiger partial charge is 0.258 e. The number of hydrogen-bond acceptors (Lipinski definition) is 5. The molecule has 1 N–H and O–H groups in total. The van der Waals surface area contributed by atoms with E-state index in [1.54, 1.807) is 43.4 Å². The second-order valence-electron chi connectivity index (χ2n) is 6.83. The molecule has 0 spiro atoms. The van der Waals surface area contributed by atoms with E-state index < -0.39 is 0 Å². The van der Waals surface area contributed by atoms with Crippen LogP contribution >= 0.6 is 0 Å². The van der Waals surface area contributed by atoms with Gasteiger partial charge < -0.3 is 24.4 Å². The first-order valence-corrected chi connectivity index (χ1v) is 9.56. The van der Waals surface area contributed by atoms with Crippen LogP contribution in [0.4, 0.5) is 5.69 Å². The molecular weight excluding hydrogens is 372 g/mol. The van der Waals surface area contributed by atoms with Gasteiger partial charge in [0.2, 0.25) is 5.91 Å². The number of ether oxygens (including phenoxy) is 3. The fraction of sp³-hybridized carbons (Fsp3) is 0.364. The second kappa shape index (κ2) is 9.32. The molecule has 1 unspecified atom stereocenters. The van der Waals surface area contributed by atoms with E-state index in [9.17, 15) is 9.59 Å². The standard InChI is InChI=1S/C22H26N2O5/c1-15(19-13-18(27-2)10-11-20(19)28-3)23-21(25)14-29-17-8-6-16(7-9-17)24-12-4-5-22(24)26/h6-11,13,15H,4-5,12,14H2,1-3H3,(H,23,25). The molecule has 154 valence electrons. The van der Waals surface area contributed by atoms with Crippen molar-refractivity contribution in [2.75, 3.05) is 32.3 Å². The summed E-state index contributed by atoms with van der Waals surface area (Å²) in [5.74, 6) is 1.82. The van der Waals surface area contributed by atoms with Crippen LogP contribution in [0.2, 0.25) is 0 Å². The highest BCUT2D eigenvalue weighted by atomic mass is 16.5. The van der Waals surface area contributed by atoms with Gasteiger partial charge in [0.05, 0.1) is 20.3 Å². The van der Waals surface area contributed by atoms with Crippen LogP contribution in [-0.4, -0.2) is 39.2 Å². The molecule has 1 aliphatic rings. The minimum Gasteiger partial charge on any atom is -0.497 e. The third-order valence-corrected chi connectivity index (χ3v) is 4.87. The molecule has 0 saturated carbocycles. The third-order valence-electron chi connectivity index (χ3n) is 4.87. The van der Waals surface area contributed by atoms with Crippen LogP contribution in [-0.2, 0) is 9.59 Å². The monoisotopic (exact) mass is 398 g/mol. The quantitative estimate of drug-likeness (QED) is 0.739. The van der Waals surface area contributed by atoms with Gasteiger partial charge in [-0.3, -0.25) is 9.59 Å². The largest absolute Gasteiger partial charge is 0.497 e. The minimum atomic E-state index is -0.278. The van der Waals surface area contributed by atoms with Crippen LogP contribution < -0.4 is 24.4 Å². The Hall–Kier alpha value is -3.22. The Balaban J connectivity index is 1.55. The Kier molecular flexibility index (Phi) is 6.59. The number of benzene rings is 2. The van der Waals surface area contributed by atoms with E-state index in [1.165, 1.54) is 0 Å². The first-order valence-electron chi connectivity index (χ1n) is 9.56. The van der Waals surface area contributed by atoms with Gasteiger partial charge in [0, 0.05) is 24.2 Å². The maximum atomic E-state index is 12.3. The normalized spacial score (nSPS) is 14.4. The molecule has 0 radical (unpaired) electrons. The maximum absolute atomic E-state index is 12.3. The lowest BCUT2D eigenvalue weighted by molar-refractivity contribution is -0.123. The van der Waals surface area contributed by atoms with Gasteiger partial charge in [-0.05, 0) is 55.8 Å². The number of methoxy groups -OCH3 is 2. The lowest BCUT2D eigenvalue weighted by atomic mass is 10.1. The lowest BCUT2D eigenvalue weighted by Gasteiger charge is -2.19. The average Bonchev–Trinajstić information content (AvgIpc) is 3.17. The predicted octanol–water partition coefficient (Wildman–Crippen LogP) is 3.09. The fourth-order valence-corrected chi connectivity index (χ4v) is 3.33. The van der Waals surface area contributed by atoms with Gasteiger partial charge in [-0.2, -0.15) is 0 Å². The van der Waals surface area contributed by atoms with Gasteiger partial charge in [-0.1, -0.05) is 0 Å². The number of carbonyl (C=O) groups is 2. The van der Waals surface area contributed by atoms with Gasteiger partial charge in [-0.25, -0.2) is 0 Å². The first kappa shape index (κ1) is 20.5. The summed E-state index contributed by atoms with van der Waals surface area (Å²) in [6, 6.07) is 12.4. The number of nitrogens with zero attached hydrogens (tertiary/aromatic N) is 1. The molecule has 0 bridgehead atoms. The van der Waals surface area contributed by atoms with Gasteiger partial charge in [0.25, 0.3) is 5.91 Å². The molecule has 2 aromatic carbocycles. The molecule has 3 rings (SSSR count). The SMILES string of the molecule is COc1ccc(OC)c(C(C)NC(=O)COc2ccc(N3CCCC3=O)cc2)c1. The Labute approximate surface area is 170 Å². The molecule has 2 amide bonds. The van der Waals surface area contributed by atoms with E-state index in [1.807, 2.05) is 25.1 Å². The molecule has 2 aromatic rings. The number of anilines is 1. The van der Waals surface area contributed by atoms with Crippen LogP contribution in [0, 0.1) is 0 Å². The topological polar surface area (TPSA) is 77.1 Å². The predicted molar refractivity (Wildman–Crippen MR) is 110 cm³/mol. The van der Waals surface area contributed by atoms with E-state index >= 15 is 0 Å². The van der Waals surface area contributed by atoms with Crippen LogP contribution in [0.1, 0.15) is 31.4 Å². The Morgan fingerprint density at radius 3 is 2.45 bits per heavy atom. The van der Waals surface area contributed by atoms with E-state index in [-0.39, 0.29) is 24.5 Å². The van der Waals surface area contributed by atoms with Gasteiger partial charge >= 0.3 is 0 Å². The van der Waals surface area contributed by atoms with E-state index in [4.69, 9.17) is 14.2 Å². The summed E-state index contributed by atoms with van der Waals surface area (Å²) in [6.45, 7) is 2.50. The van der Waals surface area contributed by atoms with Crippen LogP contribution in [0.15, 0.2) is 42.5 Å². The molecule has 7 nitrogen and oxygen atoms in total. The number of rotatable bonds is 8. The van der Waals surface area contributed by atoms with E-state index in [0.717, 1.165) is 24.2 Å². The molecular formula is C22H26N2O5. The molecule has 0 aliphatic carbocycles. The van der Waals surface area contributed by atoms with Gasteiger partial charge in [-0.15, -0.1) is 0 Å². The summed E-state index contributed by atoms with van der Waals surface area (Å²) in [4.78, 5) is 25.9. The average molecular weight is 398 g/mol. The van der Waals surface area contributed by atoms with Crippen molar-refractivity contribution < 1.29 is 23.8 Å². The zero-order valence-corrected chi connectivity index (χ0v) is 16.9. The maximum Gasteiger partial charge on any atom is 0.258 e. The molecule has 1 fully saturated rings. The highest BCUT2D eigenvalue weighted by Gasteiger charge is 2.21. The molecule has 1 aliphatic heterocycles. The van der Waals surface area contributed by atoms with Crippen molar-refractivity contribution >= 4 is 17.5 Å². The zero-order chi connectivity index (χ0) is 20.8. The second-order valence-corrected chi connectivity index (χ2v) is 6.83. The summed E-state index contributed by atoms with van der Waals surface area (Å²) < 4.78 is 16.2. The Morgan fingerprint density at radius 2 is 1.83 bits per heavy atom. The Morgan fingerprint density at radius 1 is 1.10 bits per heavy atom. The van der Waals surface area contributed by atoms with E-state index in [2.05, 4.69) is 5.32 Å². The third kappa shape index (κ3) is 4.99. The summed E-state index contributed by atoms with van der Waals surface area (Å²) in [5, 5.41) is 2.90. The number of amides is 2. The molecule has 1 saturated heterocycles. The van der Waals surface area contributed by atoms with Crippen LogP contribution in [0.3, 0.4) is 0 Å². The molecule has 0 aromatic heterocycles. The van der Waals surface area contributed by atoms with Crippen molar-refractivity contribution in [2.24, 2.45) is 0 Å². The van der Waals surface area contributed by atoms with Gasteiger partial charge in [0.1, 0.15) is 17.2 Å². The highest BCUT2D eigenvalue weighted by Crippen LogP contribution is 2.29. The molecule has 1 heterocycles. The lowest BCUT2D eigenvalue weighted by Crippen LogP contribution is -2.31. The van der Waals surface area contributed by atoms with E-state index in [0.29, 0.717) is 23.7 Å². The molecule has 7 heteroatoms. The number of hydrogen-bond donors (Lipinski definition) is 1. The van der Waals surface area contributed by atoms with Crippen molar-refractivity contribution in [3.63, 3.8) is 0 Å². The summed E-state index contributed by atoms with van der Waals surface area (Å²) in [5.41, 5.74) is 1.67. The van der Waals surface area contributed by atoms with Gasteiger partial charge in [0.15, 0.2) is 6.61 Å². The minimum absolute atomic E-state index is 0.112. The van der Waals surface area contributed by atoms with Crippen molar-refractivity contribution in [3.05, 3.63) is 48.0 Å². The first-order chi connectivity index (χ1) is 14.0. The summed E-state index contributed by atoms with van der Waals surface area (Å²) in [7, 11) is 3.18. The highest BCUT2D eigenvalue weighted by molar-refractivity contribution is 5.95. The fourth-order valence-electron chi connectivity index (χ4n) is 3.33. The zero-order valence-electron chi connectivity index (χ0n) is 16.9. The summed E-state index contributed by atoms with van der Waals surface area (Å²) >= 11 is 0. The number of carbonyl (C=O) groups excluding carboxylic acids is 2. The van der Waals surface area contributed by atoms with Crippen LogP contribution in [0.25, 0.3) is 0 Å². The van der Waals surface area contributed by atoms with Crippen molar-refractivity contribution in [2.45, 2.75) is 25.8 Å². The van der Waals surface area contributed by atoms with Crippen LogP contribution in [0.5, 0.6) is 17.2 Å². The molecule has 29 heavy (non-hydrogen) atoms. The molecule has 1 atom stereocenters. The Bertz CT molecular complexity index is 866. The summed E-state index contributed by atoms with van der Waals surface area (Å²) in [6.07, 6.45) is 1.47. The number of nitrogens with one attached hydrogen (secondary N) is 1. The van der Waals surface area contributed by atoms with Crippen molar-refractivity contribution in [1.29, 1.82) is 0 Å². The van der Waals surface area contributed by atoms with Crippen molar-refractivity contribution in [3.8, 4) is 17.2 Å². The van der Waals surface area contributed by atoms with Crippen molar-refractivity contribution in [1.82, 2.24) is 5.32 Å².